The molecule has 2 rings (SSSR count). The Morgan fingerprint density at radius 1 is 1.09 bits per heavy atom. The fourth-order valence-electron chi connectivity index (χ4n) is 2.00. The zero-order valence-corrected chi connectivity index (χ0v) is 12.7. The van der Waals surface area contributed by atoms with E-state index >= 15 is 0 Å². The maximum Gasteiger partial charge on any atom is 0.306 e. The first-order valence-electron chi connectivity index (χ1n) is 6.91. The minimum atomic E-state index is -0.894. The molecule has 2 N–H and O–H groups in total. The molecule has 0 spiro atoms. The second-order valence-corrected chi connectivity index (χ2v) is 5.34. The van der Waals surface area contributed by atoms with Crippen molar-refractivity contribution in [1.29, 1.82) is 0 Å². The summed E-state index contributed by atoms with van der Waals surface area (Å²) in [6.07, 6.45) is -0.161. The van der Waals surface area contributed by atoms with Gasteiger partial charge in [-0.1, -0.05) is 35.9 Å². The number of carboxylic acid groups (broad SMARTS) is 1. The molecule has 116 valence electrons. The number of carbonyl (C=O) groups is 1. The van der Waals surface area contributed by atoms with Gasteiger partial charge < -0.3 is 14.9 Å². The van der Waals surface area contributed by atoms with Crippen molar-refractivity contribution < 1.29 is 19.7 Å². The molecule has 1 atom stereocenters. The number of ether oxygens (including phenoxy) is 1. The Balaban J connectivity index is 1.91. The van der Waals surface area contributed by atoms with Gasteiger partial charge in [-0.3, -0.25) is 4.79 Å². The third-order valence-electron chi connectivity index (χ3n) is 3.19. The van der Waals surface area contributed by atoms with Gasteiger partial charge in [0.25, 0.3) is 0 Å². The zero-order valence-electron chi connectivity index (χ0n) is 11.9. The summed E-state index contributed by atoms with van der Waals surface area (Å²) in [5, 5.41) is 19.4. The largest absolute Gasteiger partial charge is 0.493 e. The Morgan fingerprint density at radius 2 is 1.73 bits per heavy atom. The van der Waals surface area contributed by atoms with E-state index < -0.39 is 12.1 Å². The van der Waals surface area contributed by atoms with Crippen LogP contribution in [-0.2, 0) is 11.2 Å². The zero-order chi connectivity index (χ0) is 15.9. The van der Waals surface area contributed by atoms with Crippen LogP contribution < -0.4 is 4.74 Å². The van der Waals surface area contributed by atoms with Crippen LogP contribution in [0.1, 0.15) is 23.7 Å². The van der Waals surface area contributed by atoms with E-state index in [1.54, 1.807) is 36.4 Å². The van der Waals surface area contributed by atoms with Gasteiger partial charge >= 0.3 is 5.97 Å². The van der Waals surface area contributed by atoms with Gasteiger partial charge in [-0.05, 0) is 35.4 Å². The number of halogens is 1. The number of carboxylic acids is 1. The molecular formula is C17H17ClO4. The summed E-state index contributed by atoms with van der Waals surface area (Å²) in [6.45, 7) is 0.127. The van der Waals surface area contributed by atoms with Crippen molar-refractivity contribution in [3.63, 3.8) is 0 Å². The summed E-state index contributed by atoms with van der Waals surface area (Å²) >= 11 is 5.83. The second-order valence-electron chi connectivity index (χ2n) is 4.91. The molecule has 5 heteroatoms. The van der Waals surface area contributed by atoms with Crippen molar-refractivity contribution in [1.82, 2.24) is 0 Å². The molecule has 0 saturated carbocycles. The smallest absolute Gasteiger partial charge is 0.306 e. The SMILES string of the molecule is O=C(O)CCOc1ccc(C(O)Cc2ccc(Cl)cc2)cc1. The molecule has 0 saturated heterocycles. The number of aliphatic carboxylic acids is 1. The van der Waals surface area contributed by atoms with E-state index in [0.717, 1.165) is 11.1 Å². The molecule has 0 aliphatic carbocycles. The predicted molar refractivity (Wildman–Crippen MR) is 84.3 cm³/mol. The third kappa shape index (κ3) is 5.06. The monoisotopic (exact) mass is 320 g/mol. The van der Waals surface area contributed by atoms with Crippen LogP contribution >= 0.6 is 11.6 Å². The summed E-state index contributed by atoms with van der Waals surface area (Å²) in [6, 6.07) is 14.4. The molecule has 0 fully saturated rings. The molecule has 2 aromatic rings. The Hall–Kier alpha value is -2.04. The van der Waals surface area contributed by atoms with Crippen molar-refractivity contribution in [3.8, 4) is 5.75 Å². The molecule has 1 unspecified atom stereocenters. The average Bonchev–Trinajstić information content (AvgIpc) is 2.50. The van der Waals surface area contributed by atoms with Gasteiger partial charge in [0.2, 0.25) is 0 Å². The Bertz CT molecular complexity index is 608. The first-order valence-corrected chi connectivity index (χ1v) is 7.29. The van der Waals surface area contributed by atoms with Crippen LogP contribution in [0.15, 0.2) is 48.5 Å². The number of aliphatic hydroxyl groups is 1. The summed E-state index contributed by atoms with van der Waals surface area (Å²) in [4.78, 5) is 10.4. The van der Waals surface area contributed by atoms with Gasteiger partial charge in [-0.2, -0.15) is 0 Å². The van der Waals surface area contributed by atoms with Crippen LogP contribution in [0.4, 0.5) is 0 Å². The molecule has 4 nitrogen and oxygen atoms in total. The van der Waals surface area contributed by atoms with Gasteiger partial charge in [0.05, 0.1) is 19.1 Å². The third-order valence-corrected chi connectivity index (χ3v) is 3.44. The lowest BCUT2D eigenvalue weighted by Gasteiger charge is -2.12. The van der Waals surface area contributed by atoms with Gasteiger partial charge in [0, 0.05) is 11.4 Å². The van der Waals surface area contributed by atoms with Crippen molar-refractivity contribution in [2.45, 2.75) is 18.9 Å². The van der Waals surface area contributed by atoms with E-state index in [-0.39, 0.29) is 13.0 Å². The molecule has 0 heterocycles. The number of hydrogen-bond acceptors (Lipinski definition) is 3. The van der Waals surface area contributed by atoms with Crippen LogP contribution in [0.3, 0.4) is 0 Å². The fraction of sp³-hybridized carbons (Fsp3) is 0.235. The Morgan fingerprint density at radius 3 is 2.32 bits per heavy atom. The highest BCUT2D eigenvalue weighted by molar-refractivity contribution is 6.30. The minimum absolute atomic E-state index is 0.0407. The van der Waals surface area contributed by atoms with E-state index in [1.165, 1.54) is 0 Å². The van der Waals surface area contributed by atoms with Crippen molar-refractivity contribution in [2.24, 2.45) is 0 Å². The van der Waals surface area contributed by atoms with Gasteiger partial charge in [0.15, 0.2) is 0 Å². The van der Waals surface area contributed by atoms with Crippen LogP contribution in [0.5, 0.6) is 5.75 Å². The van der Waals surface area contributed by atoms with E-state index in [9.17, 15) is 9.90 Å². The lowest BCUT2D eigenvalue weighted by molar-refractivity contribution is -0.137. The molecule has 0 radical (unpaired) electrons. The van der Waals surface area contributed by atoms with E-state index in [1.807, 2.05) is 12.1 Å². The number of rotatable bonds is 7. The highest BCUT2D eigenvalue weighted by Gasteiger charge is 2.09. The molecule has 22 heavy (non-hydrogen) atoms. The molecule has 0 aromatic heterocycles. The normalized spacial score (nSPS) is 11.9. The first-order chi connectivity index (χ1) is 10.5. The molecule has 0 aliphatic heterocycles. The molecule has 0 aliphatic rings. The summed E-state index contributed by atoms with van der Waals surface area (Å²) in [5.41, 5.74) is 1.78. The highest BCUT2D eigenvalue weighted by atomic mass is 35.5. The van der Waals surface area contributed by atoms with Crippen molar-refractivity contribution in [3.05, 3.63) is 64.7 Å². The highest BCUT2D eigenvalue weighted by Crippen LogP contribution is 2.22. The Labute approximate surface area is 133 Å². The maximum absolute atomic E-state index is 10.4. The van der Waals surface area contributed by atoms with E-state index in [4.69, 9.17) is 21.4 Å². The molecule has 0 bridgehead atoms. The minimum Gasteiger partial charge on any atom is -0.493 e. The van der Waals surface area contributed by atoms with Crippen molar-refractivity contribution >= 4 is 17.6 Å². The topological polar surface area (TPSA) is 66.8 Å². The standard InChI is InChI=1S/C17H17ClO4/c18-14-5-1-12(2-6-14)11-16(19)13-3-7-15(8-4-13)22-10-9-17(20)21/h1-8,16,19H,9-11H2,(H,20,21). The van der Waals surface area contributed by atoms with Crippen LogP contribution in [0.25, 0.3) is 0 Å². The first kappa shape index (κ1) is 16.3. The van der Waals surface area contributed by atoms with Gasteiger partial charge in [-0.15, -0.1) is 0 Å². The number of benzene rings is 2. The molecular weight excluding hydrogens is 304 g/mol. The second kappa shape index (κ2) is 7.82. The van der Waals surface area contributed by atoms with Crippen LogP contribution in [0.2, 0.25) is 5.02 Å². The summed E-state index contributed by atoms with van der Waals surface area (Å²) < 4.78 is 5.31. The van der Waals surface area contributed by atoms with Crippen molar-refractivity contribution in [2.75, 3.05) is 6.61 Å². The lowest BCUT2D eigenvalue weighted by Crippen LogP contribution is -2.05. The summed E-state index contributed by atoms with van der Waals surface area (Å²) in [7, 11) is 0. The maximum atomic E-state index is 10.4. The van der Waals surface area contributed by atoms with Crippen LogP contribution in [0, 0.1) is 0 Å². The molecule has 0 amide bonds. The quantitative estimate of drug-likeness (QED) is 0.819. The number of hydrogen-bond donors (Lipinski definition) is 2. The van der Waals surface area contributed by atoms with E-state index in [2.05, 4.69) is 0 Å². The number of aliphatic hydroxyl groups excluding tert-OH is 1. The summed E-state index contributed by atoms with van der Waals surface area (Å²) in [5.74, 6) is -0.307. The Kier molecular flexibility index (Phi) is 5.81. The van der Waals surface area contributed by atoms with Gasteiger partial charge in [0.1, 0.15) is 5.75 Å². The molecule has 2 aromatic carbocycles. The van der Waals surface area contributed by atoms with Gasteiger partial charge in [-0.25, -0.2) is 0 Å². The fourth-order valence-corrected chi connectivity index (χ4v) is 2.13. The predicted octanol–water partition coefficient (Wildman–Crippen LogP) is 3.47. The lowest BCUT2D eigenvalue weighted by atomic mass is 10.0. The van der Waals surface area contributed by atoms with E-state index in [0.29, 0.717) is 17.2 Å². The van der Waals surface area contributed by atoms with Crippen LogP contribution in [-0.4, -0.2) is 22.8 Å². The average molecular weight is 321 g/mol.